The maximum absolute atomic E-state index is 15.0. The largest absolute Gasteiger partial charge is 0.417 e. The Morgan fingerprint density at radius 2 is 1.87 bits per heavy atom. The van der Waals surface area contributed by atoms with Gasteiger partial charge in [0.25, 0.3) is 0 Å². The van der Waals surface area contributed by atoms with Crippen molar-refractivity contribution in [2.24, 2.45) is 0 Å². The van der Waals surface area contributed by atoms with Gasteiger partial charge in [-0.2, -0.15) is 18.3 Å². The van der Waals surface area contributed by atoms with E-state index in [1.807, 2.05) is 0 Å². The second kappa shape index (κ2) is 6.90. The third kappa shape index (κ3) is 3.54. The first-order valence-electron chi connectivity index (χ1n) is 9.17. The van der Waals surface area contributed by atoms with Crippen LogP contribution in [0.4, 0.5) is 23.4 Å². The number of anilines is 1. The fourth-order valence-corrected chi connectivity index (χ4v) is 5.09. The van der Waals surface area contributed by atoms with Gasteiger partial charge >= 0.3 is 6.18 Å². The molecule has 1 heterocycles. The molecule has 31 heavy (non-hydrogen) atoms. The van der Waals surface area contributed by atoms with Crippen molar-refractivity contribution in [2.45, 2.75) is 42.5 Å². The summed E-state index contributed by atoms with van der Waals surface area (Å²) in [5.74, 6) is -0.615. The van der Waals surface area contributed by atoms with Crippen molar-refractivity contribution in [1.29, 1.82) is 0 Å². The van der Waals surface area contributed by atoms with Crippen LogP contribution in [0.5, 0.6) is 0 Å². The van der Waals surface area contributed by atoms with Crippen LogP contribution >= 0.6 is 0 Å². The molecule has 1 aliphatic rings. The van der Waals surface area contributed by atoms with Crippen molar-refractivity contribution < 1.29 is 31.1 Å². The minimum Gasteiger partial charge on any atom is -0.382 e. The Morgan fingerprint density at radius 3 is 2.48 bits per heavy atom. The molecule has 1 aromatic heterocycles. The Kier molecular flexibility index (Phi) is 4.79. The first-order chi connectivity index (χ1) is 14.3. The Bertz CT molecular complexity index is 1280. The summed E-state index contributed by atoms with van der Waals surface area (Å²) in [7, 11) is -4.14. The molecule has 2 aromatic carbocycles. The van der Waals surface area contributed by atoms with Crippen LogP contribution in [0.15, 0.2) is 35.2 Å². The Balaban J connectivity index is 1.60. The van der Waals surface area contributed by atoms with Crippen LogP contribution in [0.25, 0.3) is 22.0 Å². The smallest absolute Gasteiger partial charge is 0.382 e. The van der Waals surface area contributed by atoms with Crippen molar-refractivity contribution in [1.82, 2.24) is 14.9 Å². The Morgan fingerprint density at radius 1 is 1.23 bits per heavy atom. The molecule has 0 amide bonds. The second-order valence-corrected chi connectivity index (χ2v) is 9.41. The minimum atomic E-state index is -4.82. The summed E-state index contributed by atoms with van der Waals surface area (Å²) in [6.45, 7) is 1.59. The predicted octanol–water partition coefficient (Wildman–Crippen LogP) is 2.99. The monoisotopic (exact) mass is 458 g/mol. The molecule has 1 fully saturated rings. The molecule has 4 rings (SSSR count). The number of nitrogens with zero attached hydrogens (tertiary/aromatic N) is 1. The van der Waals surface area contributed by atoms with E-state index < -0.39 is 46.5 Å². The molecule has 0 aliphatic heterocycles. The van der Waals surface area contributed by atoms with E-state index in [0.717, 1.165) is 0 Å². The number of nitrogens with one attached hydrogen (secondary N) is 2. The second-order valence-electron chi connectivity index (χ2n) is 7.69. The van der Waals surface area contributed by atoms with E-state index in [1.54, 1.807) is 13.0 Å². The molecule has 7 nitrogen and oxygen atoms in total. The zero-order chi connectivity index (χ0) is 22.8. The standard InChI is InChI=1S/C19H18F4N4O3S/c1-9-6-11(31(29,30)27-10-7-18(28,8-10)19(21,22)23)2-3-12(9)13-4-5-14-15(16(13)20)17(24)26-25-14/h2-6,10,27-28H,7-8H2,1H3,(H3,24,25,26)/t10-,18+. The Labute approximate surface area is 174 Å². The van der Waals surface area contributed by atoms with E-state index in [-0.39, 0.29) is 21.7 Å². The van der Waals surface area contributed by atoms with Crippen LogP contribution in [0.2, 0.25) is 0 Å². The van der Waals surface area contributed by atoms with Crippen LogP contribution in [0.3, 0.4) is 0 Å². The highest BCUT2D eigenvalue weighted by atomic mass is 32.2. The summed E-state index contributed by atoms with van der Waals surface area (Å²) in [4.78, 5) is -0.180. The van der Waals surface area contributed by atoms with Gasteiger partial charge in [0.15, 0.2) is 11.4 Å². The zero-order valence-corrected chi connectivity index (χ0v) is 16.9. The van der Waals surface area contributed by atoms with Crippen LogP contribution in [0, 0.1) is 12.7 Å². The van der Waals surface area contributed by atoms with Gasteiger partial charge in [0, 0.05) is 24.4 Å². The number of H-pyrrole nitrogens is 1. The average molecular weight is 458 g/mol. The van der Waals surface area contributed by atoms with Gasteiger partial charge in [0.05, 0.1) is 15.8 Å². The number of aliphatic hydroxyl groups is 1. The Hall–Kier alpha value is -2.70. The predicted molar refractivity (Wildman–Crippen MR) is 105 cm³/mol. The number of benzene rings is 2. The molecule has 0 spiro atoms. The lowest BCUT2D eigenvalue weighted by molar-refractivity contribution is -0.290. The topological polar surface area (TPSA) is 121 Å². The van der Waals surface area contributed by atoms with Crippen molar-refractivity contribution in [3.8, 4) is 11.1 Å². The van der Waals surface area contributed by atoms with Gasteiger partial charge in [0.1, 0.15) is 5.82 Å². The molecule has 5 N–H and O–H groups in total. The molecule has 3 aromatic rings. The number of aromatic nitrogens is 2. The molecule has 0 atom stereocenters. The van der Waals surface area contributed by atoms with E-state index >= 15 is 0 Å². The molecule has 0 radical (unpaired) electrons. The summed E-state index contributed by atoms with van der Waals surface area (Å²) < 4.78 is 80.5. The molecule has 0 unspecified atom stereocenters. The first-order valence-corrected chi connectivity index (χ1v) is 10.7. The van der Waals surface area contributed by atoms with Gasteiger partial charge in [-0.25, -0.2) is 17.5 Å². The number of hydrogen-bond donors (Lipinski definition) is 4. The average Bonchev–Trinajstić information content (AvgIpc) is 3.02. The lowest BCUT2D eigenvalue weighted by atomic mass is 9.76. The van der Waals surface area contributed by atoms with Crippen LogP contribution in [0.1, 0.15) is 18.4 Å². The van der Waals surface area contributed by atoms with Crippen molar-refractivity contribution in [3.05, 3.63) is 41.7 Å². The fourth-order valence-electron chi connectivity index (χ4n) is 3.77. The molecule has 166 valence electrons. The number of rotatable bonds is 4. The molecule has 1 aliphatic carbocycles. The van der Waals surface area contributed by atoms with Gasteiger partial charge in [0.2, 0.25) is 10.0 Å². The fraction of sp³-hybridized carbons (Fsp3) is 0.316. The third-order valence-electron chi connectivity index (χ3n) is 5.51. The van der Waals surface area contributed by atoms with E-state index in [4.69, 9.17) is 5.73 Å². The molecule has 1 saturated carbocycles. The van der Waals surface area contributed by atoms with E-state index in [0.29, 0.717) is 16.6 Å². The van der Waals surface area contributed by atoms with E-state index in [9.17, 15) is 31.1 Å². The van der Waals surface area contributed by atoms with Crippen LogP contribution in [-0.2, 0) is 10.0 Å². The van der Waals surface area contributed by atoms with Crippen molar-refractivity contribution >= 4 is 26.7 Å². The summed E-state index contributed by atoms with van der Waals surface area (Å²) in [6, 6.07) is 6.02. The number of aromatic amines is 1. The van der Waals surface area contributed by atoms with E-state index in [2.05, 4.69) is 14.9 Å². The summed E-state index contributed by atoms with van der Waals surface area (Å²) in [5.41, 5.74) is 4.29. The number of fused-ring (bicyclic) bond motifs is 1. The highest BCUT2D eigenvalue weighted by molar-refractivity contribution is 7.89. The summed E-state index contributed by atoms with van der Waals surface area (Å²) in [5, 5.41) is 16.0. The SMILES string of the molecule is Cc1cc(S(=O)(=O)N[C@H]2C[C@](O)(C(F)(F)F)C2)ccc1-c1ccc2[nH]nc(N)c2c1F. The number of halogens is 4. The third-order valence-corrected chi connectivity index (χ3v) is 7.03. The highest BCUT2D eigenvalue weighted by Gasteiger charge is 2.61. The normalized spacial score (nSPS) is 21.9. The minimum absolute atomic E-state index is 0.00489. The number of nitrogen functional groups attached to an aromatic ring is 1. The van der Waals surface area contributed by atoms with E-state index in [1.165, 1.54) is 24.3 Å². The van der Waals surface area contributed by atoms with Gasteiger partial charge < -0.3 is 10.8 Å². The number of nitrogens with two attached hydrogens (primary N) is 1. The quantitative estimate of drug-likeness (QED) is 0.448. The molecular formula is C19H18F4N4O3S. The molecule has 0 bridgehead atoms. The zero-order valence-electron chi connectivity index (χ0n) is 16.1. The number of alkyl halides is 3. The maximum atomic E-state index is 15.0. The number of aryl methyl sites for hydroxylation is 1. The lowest BCUT2D eigenvalue weighted by Crippen LogP contribution is -2.62. The number of hydrogen-bond acceptors (Lipinski definition) is 5. The number of sulfonamides is 1. The summed E-state index contributed by atoms with van der Waals surface area (Å²) in [6.07, 6.45) is -6.34. The molecule has 0 saturated heterocycles. The maximum Gasteiger partial charge on any atom is 0.417 e. The first kappa shape index (κ1) is 21.5. The highest BCUT2D eigenvalue weighted by Crippen LogP contribution is 2.45. The lowest BCUT2D eigenvalue weighted by Gasteiger charge is -2.44. The van der Waals surface area contributed by atoms with Gasteiger partial charge in [-0.15, -0.1) is 0 Å². The van der Waals surface area contributed by atoms with Gasteiger partial charge in [-0.05, 0) is 42.3 Å². The van der Waals surface area contributed by atoms with Gasteiger partial charge in [-0.3, -0.25) is 5.10 Å². The van der Waals surface area contributed by atoms with Crippen LogP contribution in [-0.4, -0.2) is 41.5 Å². The summed E-state index contributed by atoms with van der Waals surface area (Å²) >= 11 is 0. The van der Waals surface area contributed by atoms with Gasteiger partial charge in [-0.1, -0.05) is 6.07 Å². The van der Waals surface area contributed by atoms with Crippen molar-refractivity contribution in [3.63, 3.8) is 0 Å². The molecular weight excluding hydrogens is 440 g/mol. The van der Waals surface area contributed by atoms with Crippen molar-refractivity contribution in [2.75, 3.05) is 5.73 Å². The van der Waals surface area contributed by atoms with Crippen LogP contribution < -0.4 is 10.5 Å². The molecule has 12 heteroatoms.